The van der Waals surface area contributed by atoms with E-state index in [2.05, 4.69) is 24.3 Å². The lowest BCUT2D eigenvalue weighted by Crippen LogP contribution is -2.32. The zero-order valence-electron chi connectivity index (χ0n) is 16.2. The standard InChI is InChI=1S/C22H25NO5/c1-16(24)27-14-13-26-12-11-23(2)22(25)28-15-21-19-9-5-3-7-17(19)18-8-4-6-10-20(18)21/h3-10,21H,11-15H2,1-2H3. The van der Waals surface area contributed by atoms with Gasteiger partial charge in [0.2, 0.25) is 0 Å². The number of rotatable bonds is 8. The number of hydrogen-bond acceptors (Lipinski definition) is 5. The third kappa shape index (κ3) is 4.70. The van der Waals surface area contributed by atoms with Gasteiger partial charge in [-0.3, -0.25) is 4.79 Å². The Morgan fingerprint density at radius 2 is 1.50 bits per heavy atom. The molecule has 6 nitrogen and oxygen atoms in total. The smallest absolute Gasteiger partial charge is 0.409 e. The maximum absolute atomic E-state index is 12.3. The Balaban J connectivity index is 1.49. The van der Waals surface area contributed by atoms with Crippen LogP contribution >= 0.6 is 0 Å². The van der Waals surface area contributed by atoms with Gasteiger partial charge in [0.15, 0.2) is 0 Å². The van der Waals surface area contributed by atoms with Gasteiger partial charge in [0, 0.05) is 26.4 Å². The van der Waals surface area contributed by atoms with Crippen LogP contribution in [0.1, 0.15) is 24.0 Å². The van der Waals surface area contributed by atoms with Crippen molar-refractivity contribution < 1.29 is 23.8 Å². The van der Waals surface area contributed by atoms with Crippen molar-refractivity contribution in [2.24, 2.45) is 0 Å². The van der Waals surface area contributed by atoms with Gasteiger partial charge in [0.1, 0.15) is 13.2 Å². The number of hydrogen-bond donors (Lipinski definition) is 0. The Labute approximate surface area is 165 Å². The molecule has 0 radical (unpaired) electrons. The molecular formula is C22H25NO5. The fourth-order valence-electron chi connectivity index (χ4n) is 3.34. The van der Waals surface area contributed by atoms with E-state index in [9.17, 15) is 9.59 Å². The summed E-state index contributed by atoms with van der Waals surface area (Å²) < 4.78 is 15.7. The highest BCUT2D eigenvalue weighted by Gasteiger charge is 2.29. The number of fused-ring (bicyclic) bond motifs is 3. The second kappa shape index (κ2) is 9.37. The third-order valence-corrected chi connectivity index (χ3v) is 4.75. The average Bonchev–Trinajstić information content (AvgIpc) is 3.02. The van der Waals surface area contributed by atoms with E-state index in [1.165, 1.54) is 34.1 Å². The number of ether oxygens (including phenoxy) is 3. The van der Waals surface area contributed by atoms with E-state index in [0.29, 0.717) is 26.4 Å². The Morgan fingerprint density at radius 1 is 0.893 bits per heavy atom. The van der Waals surface area contributed by atoms with Crippen LogP contribution in [0.15, 0.2) is 48.5 Å². The topological polar surface area (TPSA) is 65.1 Å². The Kier molecular flexibility index (Phi) is 6.66. The van der Waals surface area contributed by atoms with Gasteiger partial charge in [0.05, 0.1) is 13.2 Å². The summed E-state index contributed by atoms with van der Waals surface area (Å²) in [4.78, 5) is 24.5. The minimum Gasteiger partial charge on any atom is -0.463 e. The SMILES string of the molecule is CC(=O)OCCOCCN(C)C(=O)OCC1c2ccccc2-c2ccccc21. The molecule has 0 atom stereocenters. The van der Waals surface area contributed by atoms with Gasteiger partial charge in [-0.15, -0.1) is 0 Å². The van der Waals surface area contributed by atoms with E-state index in [-0.39, 0.29) is 24.6 Å². The molecule has 0 saturated carbocycles. The van der Waals surface area contributed by atoms with E-state index in [4.69, 9.17) is 14.2 Å². The minimum absolute atomic E-state index is 0.0460. The van der Waals surface area contributed by atoms with Crippen molar-refractivity contribution >= 4 is 12.1 Å². The van der Waals surface area contributed by atoms with Gasteiger partial charge >= 0.3 is 12.1 Å². The first kappa shape index (κ1) is 19.9. The molecule has 0 aromatic heterocycles. The lowest BCUT2D eigenvalue weighted by atomic mass is 9.98. The number of benzene rings is 2. The highest BCUT2D eigenvalue weighted by molar-refractivity contribution is 5.79. The van der Waals surface area contributed by atoms with Gasteiger partial charge in [-0.05, 0) is 22.3 Å². The van der Waals surface area contributed by atoms with Crippen LogP contribution in [0.5, 0.6) is 0 Å². The van der Waals surface area contributed by atoms with Crippen LogP contribution in [-0.4, -0.2) is 57.0 Å². The Hall–Kier alpha value is -2.86. The highest BCUT2D eigenvalue weighted by Crippen LogP contribution is 2.44. The van der Waals surface area contributed by atoms with Gasteiger partial charge in [-0.1, -0.05) is 48.5 Å². The monoisotopic (exact) mass is 383 g/mol. The molecule has 28 heavy (non-hydrogen) atoms. The molecule has 2 aromatic rings. The summed E-state index contributed by atoms with van der Waals surface area (Å²) in [6.07, 6.45) is -0.384. The van der Waals surface area contributed by atoms with Crippen LogP contribution in [0.25, 0.3) is 11.1 Å². The first-order valence-electron chi connectivity index (χ1n) is 9.35. The zero-order valence-corrected chi connectivity index (χ0v) is 16.2. The number of esters is 1. The van der Waals surface area contributed by atoms with E-state index in [0.717, 1.165) is 0 Å². The van der Waals surface area contributed by atoms with Crippen molar-refractivity contribution in [3.8, 4) is 11.1 Å². The summed E-state index contributed by atoms with van der Waals surface area (Å²) in [6.45, 7) is 2.91. The number of carbonyl (C=O) groups excluding carboxylic acids is 2. The molecule has 3 rings (SSSR count). The number of nitrogens with zero attached hydrogens (tertiary/aromatic N) is 1. The van der Waals surface area contributed by atoms with Crippen molar-refractivity contribution in [3.63, 3.8) is 0 Å². The first-order valence-corrected chi connectivity index (χ1v) is 9.35. The molecule has 1 aliphatic rings. The van der Waals surface area contributed by atoms with Crippen LogP contribution in [0.3, 0.4) is 0 Å². The predicted octanol–water partition coefficient (Wildman–Crippen LogP) is 3.45. The number of likely N-dealkylation sites (N-methyl/N-ethyl adjacent to an activating group) is 1. The molecule has 0 unspecified atom stereocenters. The third-order valence-electron chi connectivity index (χ3n) is 4.75. The summed E-state index contributed by atoms with van der Waals surface area (Å²) in [5.41, 5.74) is 4.78. The molecule has 6 heteroatoms. The maximum Gasteiger partial charge on any atom is 0.409 e. The highest BCUT2D eigenvalue weighted by atomic mass is 16.6. The second-order valence-corrected chi connectivity index (χ2v) is 6.68. The summed E-state index contributed by atoms with van der Waals surface area (Å²) >= 11 is 0. The molecule has 1 amide bonds. The molecule has 2 aromatic carbocycles. The normalized spacial score (nSPS) is 12.2. The molecule has 0 aliphatic heterocycles. The molecule has 0 heterocycles. The quantitative estimate of drug-likeness (QED) is 0.516. The van der Waals surface area contributed by atoms with Crippen LogP contribution in [0.2, 0.25) is 0 Å². The Bertz CT molecular complexity index is 790. The molecule has 1 aliphatic carbocycles. The molecule has 0 bridgehead atoms. The fraction of sp³-hybridized carbons (Fsp3) is 0.364. The molecule has 148 valence electrons. The summed E-state index contributed by atoms with van der Waals surface area (Å²) in [5.74, 6) is -0.288. The van der Waals surface area contributed by atoms with Crippen molar-refractivity contribution in [1.29, 1.82) is 0 Å². The molecule has 0 saturated heterocycles. The molecule has 0 fully saturated rings. The van der Waals surface area contributed by atoms with E-state index >= 15 is 0 Å². The molecular weight excluding hydrogens is 358 g/mol. The van der Waals surface area contributed by atoms with Crippen molar-refractivity contribution in [2.45, 2.75) is 12.8 Å². The van der Waals surface area contributed by atoms with Crippen molar-refractivity contribution in [1.82, 2.24) is 4.90 Å². The number of carbonyl (C=O) groups is 2. The Morgan fingerprint density at radius 3 is 2.11 bits per heavy atom. The second-order valence-electron chi connectivity index (χ2n) is 6.68. The van der Waals surface area contributed by atoms with E-state index in [1.807, 2.05) is 24.3 Å². The predicted molar refractivity (Wildman–Crippen MR) is 105 cm³/mol. The van der Waals surface area contributed by atoms with Crippen LogP contribution < -0.4 is 0 Å². The lowest BCUT2D eigenvalue weighted by molar-refractivity contribution is -0.142. The van der Waals surface area contributed by atoms with Gasteiger partial charge < -0.3 is 19.1 Å². The average molecular weight is 383 g/mol. The van der Waals surface area contributed by atoms with Crippen LogP contribution in [0, 0.1) is 0 Å². The summed E-state index contributed by atoms with van der Waals surface area (Å²) in [6, 6.07) is 16.5. The largest absolute Gasteiger partial charge is 0.463 e. The maximum atomic E-state index is 12.3. The van der Waals surface area contributed by atoms with Gasteiger partial charge in [-0.2, -0.15) is 0 Å². The van der Waals surface area contributed by atoms with Crippen molar-refractivity contribution in [3.05, 3.63) is 59.7 Å². The summed E-state index contributed by atoms with van der Waals surface area (Å²) in [7, 11) is 1.67. The lowest BCUT2D eigenvalue weighted by Gasteiger charge is -2.19. The fourth-order valence-corrected chi connectivity index (χ4v) is 3.34. The van der Waals surface area contributed by atoms with Gasteiger partial charge in [0.25, 0.3) is 0 Å². The minimum atomic E-state index is -0.384. The van der Waals surface area contributed by atoms with Crippen LogP contribution in [-0.2, 0) is 19.0 Å². The molecule has 0 spiro atoms. The van der Waals surface area contributed by atoms with Crippen molar-refractivity contribution in [2.75, 3.05) is 40.0 Å². The number of amides is 1. The summed E-state index contributed by atoms with van der Waals surface area (Å²) in [5, 5.41) is 0. The zero-order chi connectivity index (χ0) is 19.9. The van der Waals surface area contributed by atoms with E-state index in [1.54, 1.807) is 7.05 Å². The first-order chi connectivity index (χ1) is 13.6. The molecule has 0 N–H and O–H groups in total. The van der Waals surface area contributed by atoms with Crippen LogP contribution in [0.4, 0.5) is 4.79 Å². The van der Waals surface area contributed by atoms with Gasteiger partial charge in [-0.25, -0.2) is 4.79 Å². The van der Waals surface area contributed by atoms with E-state index < -0.39 is 0 Å².